The van der Waals surface area contributed by atoms with E-state index in [4.69, 9.17) is 5.11 Å². The molecule has 3 heteroatoms. The van der Waals surface area contributed by atoms with E-state index in [-0.39, 0.29) is 0 Å². The molecule has 0 aromatic rings. The predicted molar refractivity (Wildman–Crippen MR) is 82.2 cm³/mol. The Hall–Kier alpha value is 0.660. The van der Waals surface area contributed by atoms with Crippen LogP contribution in [0.2, 0.25) is 0 Å². The third-order valence-electron chi connectivity index (χ3n) is 2.62. The van der Waals surface area contributed by atoms with Gasteiger partial charge in [-0.05, 0) is 13.3 Å². The minimum atomic E-state index is 0.442. The van der Waals surface area contributed by atoms with Gasteiger partial charge in [0.15, 0.2) is 0 Å². The van der Waals surface area contributed by atoms with Gasteiger partial charge in [0.1, 0.15) is 0 Å². The highest BCUT2D eigenvalue weighted by Crippen LogP contribution is 2.19. The molecule has 0 aromatic carbocycles. The second-order valence-electron chi connectivity index (χ2n) is 4.37. The van der Waals surface area contributed by atoms with Crippen molar-refractivity contribution < 1.29 is 5.11 Å². The molecule has 0 aliphatic rings. The number of hydrogen-bond donors (Lipinski definition) is 2. The molecular formula is C13H27BrOS. The number of aliphatic hydroxyl groups excluding tert-OH is 1. The monoisotopic (exact) mass is 310 g/mol. The van der Waals surface area contributed by atoms with Gasteiger partial charge in [-0.2, -0.15) is 11.4 Å². The summed E-state index contributed by atoms with van der Waals surface area (Å²) in [7, 11) is 0. The van der Waals surface area contributed by atoms with E-state index < -0.39 is 0 Å². The van der Waals surface area contributed by atoms with Crippen LogP contribution >= 0.6 is 27.3 Å². The van der Waals surface area contributed by atoms with E-state index in [0.717, 1.165) is 11.4 Å². The van der Waals surface area contributed by atoms with Gasteiger partial charge in [0, 0.05) is 0 Å². The Morgan fingerprint density at radius 3 is 2.06 bits per heavy atom. The lowest BCUT2D eigenvalue weighted by Crippen LogP contribution is -1.93. The molecule has 0 amide bonds. The summed E-state index contributed by atoms with van der Waals surface area (Å²) >= 11 is 4.63. The Morgan fingerprint density at radius 2 is 1.56 bits per heavy atom. The summed E-state index contributed by atoms with van der Waals surface area (Å²) in [6.07, 6.45) is 12.1. The second-order valence-corrected chi connectivity index (χ2v) is 7.72. The molecule has 0 spiro atoms. The summed E-state index contributed by atoms with van der Waals surface area (Å²) in [6.45, 7) is 4.03. The van der Waals surface area contributed by atoms with Crippen LogP contribution in [0.1, 0.15) is 71.6 Å². The Bertz CT molecular complexity index is 179. The molecule has 1 atom stereocenters. The van der Waals surface area contributed by atoms with E-state index in [1.54, 1.807) is 6.92 Å². The van der Waals surface area contributed by atoms with Crippen molar-refractivity contribution in [2.24, 2.45) is 0 Å². The van der Waals surface area contributed by atoms with Crippen LogP contribution in [0.3, 0.4) is 0 Å². The zero-order valence-corrected chi connectivity index (χ0v) is 13.2. The summed E-state index contributed by atoms with van der Waals surface area (Å²) in [4.78, 5) is 0. The van der Waals surface area contributed by atoms with Gasteiger partial charge in [0.05, 0.1) is 9.21 Å². The molecule has 0 rings (SSSR count). The smallest absolute Gasteiger partial charge is 0.0674 e. The standard InChI is InChI=1S/C13H27BrOS/c1-3-4-5-6-7-8-9-10-11-13(14)16-12(2)15/h13,15-16H,3-11H2,1-2H3. The first-order valence-corrected chi connectivity index (χ1v) is 8.42. The fraction of sp³-hybridized carbons (Fsp3) is 0.923. The maximum absolute atomic E-state index is 9.12. The van der Waals surface area contributed by atoms with E-state index >= 15 is 0 Å². The lowest BCUT2D eigenvalue weighted by Gasteiger charge is -2.05. The van der Waals surface area contributed by atoms with E-state index in [1.165, 1.54) is 57.8 Å². The van der Waals surface area contributed by atoms with Gasteiger partial charge in [-0.3, -0.25) is 0 Å². The molecule has 0 aliphatic heterocycles. The van der Waals surface area contributed by atoms with Crippen LogP contribution in [0.5, 0.6) is 0 Å². The zero-order chi connectivity index (χ0) is 12.2. The number of rotatable bonds is 10. The number of halogens is 1. The lowest BCUT2D eigenvalue weighted by atomic mass is 10.1. The molecule has 98 valence electrons. The van der Waals surface area contributed by atoms with Crippen molar-refractivity contribution in [1.29, 1.82) is 0 Å². The minimum absolute atomic E-state index is 0.442. The Kier molecular flexibility index (Phi) is 12.6. The molecule has 0 heterocycles. The van der Waals surface area contributed by atoms with E-state index in [0.29, 0.717) is 9.21 Å². The number of aliphatic hydroxyl groups is 1. The maximum atomic E-state index is 9.12. The highest BCUT2D eigenvalue weighted by atomic mass is 79.9. The van der Waals surface area contributed by atoms with Crippen LogP contribution in [0, 0.1) is 0 Å². The van der Waals surface area contributed by atoms with E-state index in [9.17, 15) is 0 Å². The summed E-state index contributed by atoms with van der Waals surface area (Å²) < 4.78 is 0.442. The highest BCUT2D eigenvalue weighted by molar-refractivity contribution is 9.11. The Morgan fingerprint density at radius 1 is 1.06 bits per heavy atom. The summed E-state index contributed by atoms with van der Waals surface area (Å²) in [6, 6.07) is 0. The van der Waals surface area contributed by atoms with Crippen molar-refractivity contribution in [3.05, 3.63) is 0 Å². The van der Waals surface area contributed by atoms with Crippen LogP contribution in [0.25, 0.3) is 0 Å². The second kappa shape index (κ2) is 12.1. The van der Waals surface area contributed by atoms with Crippen molar-refractivity contribution in [1.82, 2.24) is 0 Å². The average Bonchev–Trinajstić information content (AvgIpc) is 2.21. The van der Waals surface area contributed by atoms with Crippen LogP contribution in [-0.4, -0.2) is 14.3 Å². The average molecular weight is 311 g/mol. The normalized spacial score (nSPS) is 14.6. The quantitative estimate of drug-likeness (QED) is 0.239. The van der Waals surface area contributed by atoms with E-state index in [2.05, 4.69) is 22.9 Å². The van der Waals surface area contributed by atoms with Crippen molar-refractivity contribution in [3.63, 3.8) is 0 Å². The third kappa shape index (κ3) is 12.7. The van der Waals surface area contributed by atoms with Crippen LogP contribution < -0.4 is 0 Å². The molecule has 0 saturated carbocycles. The van der Waals surface area contributed by atoms with E-state index in [1.807, 2.05) is 0 Å². The number of alkyl halides is 1. The van der Waals surface area contributed by atoms with Crippen LogP contribution in [0.4, 0.5) is 0 Å². The molecule has 1 unspecified atom stereocenters. The predicted octanol–water partition coefficient (Wildman–Crippen LogP) is 5.41. The molecule has 1 N–H and O–H groups in total. The summed E-state index contributed by atoms with van der Waals surface area (Å²) in [5, 5.41) is 9.64. The fourth-order valence-electron chi connectivity index (χ4n) is 1.71. The molecule has 16 heavy (non-hydrogen) atoms. The summed E-state index contributed by atoms with van der Waals surface area (Å²) in [5.74, 6) is 0. The molecule has 1 nitrogen and oxygen atoms in total. The van der Waals surface area contributed by atoms with Crippen LogP contribution in [-0.2, 0) is 0 Å². The Balaban J connectivity index is 3.18. The maximum Gasteiger partial charge on any atom is 0.0674 e. The molecule has 0 radical (unpaired) electrons. The first-order valence-electron chi connectivity index (χ1n) is 6.54. The highest BCUT2D eigenvalue weighted by Gasteiger charge is 1.99. The van der Waals surface area contributed by atoms with Crippen molar-refractivity contribution >= 4 is 32.3 Å². The third-order valence-corrected chi connectivity index (χ3v) is 4.61. The first kappa shape index (κ1) is 16.7. The molecule has 0 saturated heterocycles. The summed E-state index contributed by atoms with van der Waals surface area (Å²) in [5.41, 5.74) is 0. The van der Waals surface area contributed by atoms with Gasteiger partial charge in [-0.25, -0.2) is 0 Å². The van der Waals surface area contributed by atoms with Crippen molar-refractivity contribution in [2.45, 2.75) is 75.8 Å². The Labute approximate surface area is 113 Å². The number of thiol groups is 1. The SMILES string of the molecule is CCCCCCCCCCC(Br)[SH]=C(C)O. The number of unbranched alkanes of at least 4 members (excludes halogenated alkanes) is 7. The van der Waals surface area contributed by atoms with Crippen molar-refractivity contribution in [3.8, 4) is 0 Å². The molecular weight excluding hydrogens is 284 g/mol. The zero-order valence-electron chi connectivity index (χ0n) is 10.7. The van der Waals surface area contributed by atoms with Gasteiger partial charge in [0.2, 0.25) is 0 Å². The topological polar surface area (TPSA) is 20.2 Å². The lowest BCUT2D eigenvalue weighted by molar-refractivity contribution is 0.563. The van der Waals surface area contributed by atoms with Crippen molar-refractivity contribution in [2.75, 3.05) is 0 Å². The molecule has 0 bridgehead atoms. The van der Waals surface area contributed by atoms with Gasteiger partial charge >= 0.3 is 0 Å². The van der Waals surface area contributed by atoms with Gasteiger partial charge in [0.25, 0.3) is 0 Å². The molecule has 0 fully saturated rings. The molecule has 0 aliphatic carbocycles. The first-order chi connectivity index (χ1) is 7.66. The largest absolute Gasteiger partial charge is 0.360 e. The van der Waals surface area contributed by atoms with Gasteiger partial charge in [-0.15, -0.1) is 0 Å². The minimum Gasteiger partial charge on any atom is -0.360 e. The molecule has 0 aromatic heterocycles. The van der Waals surface area contributed by atoms with Gasteiger partial charge in [-0.1, -0.05) is 74.2 Å². The number of hydrogen-bond acceptors (Lipinski definition) is 0. The van der Waals surface area contributed by atoms with Gasteiger partial charge < -0.3 is 5.11 Å². The van der Waals surface area contributed by atoms with Crippen LogP contribution in [0.15, 0.2) is 0 Å². The fourth-order valence-corrected chi connectivity index (χ4v) is 3.64.